The molecule has 2 aromatic carbocycles. The highest BCUT2D eigenvalue weighted by Crippen LogP contribution is 2.24. The average Bonchev–Trinajstić information content (AvgIpc) is 3.04. The lowest BCUT2D eigenvalue weighted by molar-refractivity contribution is 0.282. The zero-order valence-corrected chi connectivity index (χ0v) is 11.8. The molecule has 4 aromatic rings. The van der Waals surface area contributed by atoms with E-state index in [1.807, 2.05) is 48.5 Å². The summed E-state index contributed by atoms with van der Waals surface area (Å²) in [6.07, 6.45) is 1.76. The standard InChI is InChI=1S/C18H14N2O2/c21-10-11-1-3-12(4-2-11)13-5-6-15-14(9-13)18(22)17-16(20-15)7-8-19-17/h1-9,19,21H,10H2,(H,20,22). The highest BCUT2D eigenvalue weighted by Gasteiger charge is 2.07. The second-order valence-electron chi connectivity index (χ2n) is 5.34. The first-order chi connectivity index (χ1) is 10.8. The van der Waals surface area contributed by atoms with Crippen molar-refractivity contribution in [3.63, 3.8) is 0 Å². The molecule has 0 aliphatic rings. The van der Waals surface area contributed by atoms with Gasteiger partial charge in [-0.1, -0.05) is 30.3 Å². The summed E-state index contributed by atoms with van der Waals surface area (Å²) < 4.78 is 0. The second-order valence-corrected chi connectivity index (χ2v) is 5.34. The van der Waals surface area contributed by atoms with Gasteiger partial charge in [0, 0.05) is 17.1 Å². The van der Waals surface area contributed by atoms with Crippen LogP contribution in [-0.2, 0) is 6.61 Å². The van der Waals surface area contributed by atoms with Gasteiger partial charge >= 0.3 is 0 Å². The molecule has 0 unspecified atom stereocenters. The topological polar surface area (TPSA) is 68.9 Å². The smallest absolute Gasteiger partial charge is 0.213 e. The summed E-state index contributed by atoms with van der Waals surface area (Å²) in [7, 11) is 0. The Kier molecular flexibility index (Phi) is 2.84. The molecule has 0 bridgehead atoms. The molecule has 0 amide bonds. The Balaban J connectivity index is 1.93. The van der Waals surface area contributed by atoms with E-state index in [-0.39, 0.29) is 12.0 Å². The van der Waals surface area contributed by atoms with Crippen LogP contribution < -0.4 is 5.43 Å². The maximum Gasteiger partial charge on any atom is 0.213 e. The van der Waals surface area contributed by atoms with Crippen molar-refractivity contribution in [3.8, 4) is 11.1 Å². The number of nitrogens with one attached hydrogen (secondary N) is 2. The van der Waals surface area contributed by atoms with Gasteiger partial charge in [-0.3, -0.25) is 4.79 Å². The van der Waals surface area contributed by atoms with Gasteiger partial charge in [0.05, 0.1) is 12.1 Å². The number of rotatable bonds is 2. The molecular weight excluding hydrogens is 276 g/mol. The van der Waals surface area contributed by atoms with Crippen LogP contribution in [0.15, 0.2) is 59.5 Å². The van der Waals surface area contributed by atoms with Gasteiger partial charge < -0.3 is 15.1 Å². The van der Waals surface area contributed by atoms with Gasteiger partial charge in [0.1, 0.15) is 5.52 Å². The van der Waals surface area contributed by atoms with Crippen LogP contribution in [-0.4, -0.2) is 15.1 Å². The minimum Gasteiger partial charge on any atom is -0.392 e. The molecule has 108 valence electrons. The summed E-state index contributed by atoms with van der Waals surface area (Å²) in [5.74, 6) is 0. The number of fused-ring (bicyclic) bond motifs is 2. The van der Waals surface area contributed by atoms with Crippen molar-refractivity contribution < 1.29 is 5.11 Å². The molecule has 4 rings (SSSR count). The summed E-state index contributed by atoms with van der Waals surface area (Å²) in [5.41, 5.74) is 5.11. The largest absolute Gasteiger partial charge is 0.392 e. The fraction of sp³-hybridized carbons (Fsp3) is 0.0556. The molecule has 0 spiro atoms. The predicted molar refractivity (Wildman–Crippen MR) is 87.8 cm³/mol. The number of H-pyrrole nitrogens is 2. The van der Waals surface area contributed by atoms with Crippen molar-refractivity contribution in [2.45, 2.75) is 6.61 Å². The fourth-order valence-corrected chi connectivity index (χ4v) is 2.76. The Morgan fingerprint density at radius 1 is 0.909 bits per heavy atom. The number of pyridine rings is 1. The number of hydrogen-bond donors (Lipinski definition) is 3. The van der Waals surface area contributed by atoms with Crippen LogP contribution >= 0.6 is 0 Å². The summed E-state index contributed by atoms with van der Waals surface area (Å²) in [6, 6.07) is 15.4. The molecule has 2 heterocycles. The van der Waals surface area contributed by atoms with Gasteiger partial charge in [0.25, 0.3) is 0 Å². The lowest BCUT2D eigenvalue weighted by Crippen LogP contribution is -2.03. The minimum atomic E-state index is 0.00239. The summed E-state index contributed by atoms with van der Waals surface area (Å²) in [5, 5.41) is 9.77. The van der Waals surface area contributed by atoms with Crippen LogP contribution in [0.3, 0.4) is 0 Å². The first-order valence-electron chi connectivity index (χ1n) is 7.09. The van der Waals surface area contributed by atoms with Crippen molar-refractivity contribution in [1.29, 1.82) is 0 Å². The molecule has 0 atom stereocenters. The van der Waals surface area contributed by atoms with Crippen molar-refractivity contribution in [1.82, 2.24) is 9.97 Å². The summed E-state index contributed by atoms with van der Waals surface area (Å²) in [4.78, 5) is 18.8. The van der Waals surface area contributed by atoms with E-state index in [1.165, 1.54) is 0 Å². The van der Waals surface area contributed by atoms with Crippen molar-refractivity contribution in [2.75, 3.05) is 0 Å². The van der Waals surface area contributed by atoms with E-state index in [0.29, 0.717) is 10.9 Å². The van der Waals surface area contributed by atoms with Gasteiger partial charge in [-0.05, 0) is 34.9 Å². The van der Waals surface area contributed by atoms with Gasteiger partial charge in [-0.15, -0.1) is 0 Å². The number of benzene rings is 2. The van der Waals surface area contributed by atoms with E-state index in [0.717, 1.165) is 27.7 Å². The monoisotopic (exact) mass is 290 g/mol. The van der Waals surface area contributed by atoms with Gasteiger partial charge in [0.2, 0.25) is 5.43 Å². The van der Waals surface area contributed by atoms with E-state index in [9.17, 15) is 4.79 Å². The number of hydrogen-bond acceptors (Lipinski definition) is 2. The molecule has 3 N–H and O–H groups in total. The maximum absolute atomic E-state index is 12.5. The Hall–Kier alpha value is -2.85. The lowest BCUT2D eigenvalue weighted by atomic mass is 10.0. The molecule has 2 aromatic heterocycles. The first-order valence-corrected chi connectivity index (χ1v) is 7.09. The molecule has 4 nitrogen and oxygen atoms in total. The predicted octanol–water partition coefficient (Wildman–Crippen LogP) is 3.17. The molecule has 0 fully saturated rings. The first kappa shape index (κ1) is 12.9. The maximum atomic E-state index is 12.5. The van der Waals surface area contributed by atoms with Crippen LogP contribution in [0.4, 0.5) is 0 Å². The van der Waals surface area contributed by atoms with Crippen molar-refractivity contribution in [2.24, 2.45) is 0 Å². The normalized spacial score (nSPS) is 11.3. The third-order valence-corrected chi connectivity index (χ3v) is 3.98. The van der Waals surface area contributed by atoms with Gasteiger partial charge in [0.15, 0.2) is 0 Å². The molecule has 22 heavy (non-hydrogen) atoms. The number of aromatic amines is 2. The molecule has 0 saturated heterocycles. The van der Waals surface area contributed by atoms with Crippen molar-refractivity contribution >= 4 is 21.9 Å². The highest BCUT2D eigenvalue weighted by atomic mass is 16.3. The van der Waals surface area contributed by atoms with E-state index in [2.05, 4.69) is 9.97 Å². The number of aliphatic hydroxyl groups is 1. The van der Waals surface area contributed by atoms with Crippen LogP contribution in [0.5, 0.6) is 0 Å². The fourth-order valence-electron chi connectivity index (χ4n) is 2.76. The van der Waals surface area contributed by atoms with E-state index < -0.39 is 0 Å². The third kappa shape index (κ3) is 1.93. The van der Waals surface area contributed by atoms with Crippen LogP contribution in [0, 0.1) is 0 Å². The van der Waals surface area contributed by atoms with Crippen LogP contribution in [0.25, 0.3) is 33.1 Å². The Morgan fingerprint density at radius 2 is 1.68 bits per heavy atom. The molecule has 0 radical (unpaired) electrons. The summed E-state index contributed by atoms with van der Waals surface area (Å²) >= 11 is 0. The Bertz CT molecular complexity index is 1030. The SMILES string of the molecule is O=c1c2cc(-c3ccc(CO)cc3)ccc2[nH]c2cc[nH]c12. The minimum absolute atomic E-state index is 0.00239. The quantitative estimate of drug-likeness (QED) is 0.531. The Labute approximate surface area is 126 Å². The number of aliphatic hydroxyl groups excluding tert-OH is 1. The van der Waals surface area contributed by atoms with Gasteiger partial charge in [-0.25, -0.2) is 0 Å². The van der Waals surface area contributed by atoms with Crippen molar-refractivity contribution in [3.05, 3.63) is 70.5 Å². The zero-order valence-electron chi connectivity index (χ0n) is 11.8. The third-order valence-electron chi connectivity index (χ3n) is 3.98. The molecule has 4 heteroatoms. The molecule has 0 aliphatic carbocycles. The lowest BCUT2D eigenvalue weighted by Gasteiger charge is -2.05. The van der Waals surface area contributed by atoms with Crippen LogP contribution in [0.1, 0.15) is 5.56 Å². The summed E-state index contributed by atoms with van der Waals surface area (Å²) in [6.45, 7) is 0.0302. The van der Waals surface area contributed by atoms with Gasteiger partial charge in [-0.2, -0.15) is 0 Å². The van der Waals surface area contributed by atoms with Crippen LogP contribution in [0.2, 0.25) is 0 Å². The Morgan fingerprint density at radius 3 is 2.45 bits per heavy atom. The van der Waals surface area contributed by atoms with E-state index in [1.54, 1.807) is 6.20 Å². The molecule has 0 saturated carbocycles. The molecule has 0 aliphatic heterocycles. The van der Waals surface area contributed by atoms with E-state index >= 15 is 0 Å². The average molecular weight is 290 g/mol. The second kappa shape index (κ2) is 4.86. The highest BCUT2D eigenvalue weighted by molar-refractivity contribution is 5.93. The van der Waals surface area contributed by atoms with E-state index in [4.69, 9.17) is 5.11 Å². The zero-order chi connectivity index (χ0) is 15.1. The number of aromatic nitrogens is 2. The molecular formula is C18H14N2O2.